The molecule has 1 aromatic rings. The van der Waals surface area contributed by atoms with Crippen molar-refractivity contribution in [1.29, 1.82) is 0 Å². The summed E-state index contributed by atoms with van der Waals surface area (Å²) in [5.41, 5.74) is 0.628. The van der Waals surface area contributed by atoms with Gasteiger partial charge in [0.2, 0.25) is 0 Å². The average Bonchev–Trinajstić information content (AvgIpc) is 2.48. The van der Waals surface area contributed by atoms with E-state index in [2.05, 4.69) is 27.4 Å². The maximum atomic E-state index is 11.8. The lowest BCUT2D eigenvalue weighted by Gasteiger charge is -2.31. The van der Waals surface area contributed by atoms with Crippen molar-refractivity contribution in [2.75, 3.05) is 32.7 Å². The minimum Gasteiger partial charge on any atom is -0.352 e. The van der Waals surface area contributed by atoms with Crippen LogP contribution in [0, 0.1) is 0 Å². The van der Waals surface area contributed by atoms with Crippen molar-refractivity contribution in [2.45, 2.75) is 25.8 Å². The predicted molar refractivity (Wildman–Crippen MR) is 79.7 cm³/mol. The minimum atomic E-state index is -0.0334. The molecule has 1 aliphatic rings. The fourth-order valence-electron chi connectivity index (χ4n) is 2.48. The molecule has 110 valence electrons. The lowest BCUT2D eigenvalue weighted by Crippen LogP contribution is -2.49. The molecule has 1 aromatic heterocycles. The van der Waals surface area contributed by atoms with Gasteiger partial charge >= 0.3 is 0 Å². The van der Waals surface area contributed by atoms with E-state index < -0.39 is 0 Å². The van der Waals surface area contributed by atoms with Crippen LogP contribution in [-0.2, 0) is 0 Å². The molecule has 1 aliphatic heterocycles. The molecule has 2 heterocycles. The van der Waals surface area contributed by atoms with Crippen molar-refractivity contribution in [1.82, 2.24) is 20.5 Å². The molecule has 2 rings (SSSR count). The molecule has 0 saturated carbocycles. The second-order valence-corrected chi connectivity index (χ2v) is 5.36. The highest BCUT2D eigenvalue weighted by Gasteiger charge is 2.14. The van der Waals surface area contributed by atoms with Crippen molar-refractivity contribution in [3.63, 3.8) is 0 Å². The first kappa shape index (κ1) is 14.9. The molecule has 0 radical (unpaired) electrons. The Morgan fingerprint density at radius 1 is 1.55 bits per heavy atom. The summed E-state index contributed by atoms with van der Waals surface area (Å²) in [4.78, 5) is 18.2. The van der Waals surface area contributed by atoms with Gasteiger partial charge < -0.3 is 15.5 Å². The molecule has 5 heteroatoms. The molecule has 1 atom stereocenters. The van der Waals surface area contributed by atoms with Gasteiger partial charge in [0.1, 0.15) is 0 Å². The maximum Gasteiger partial charge on any atom is 0.252 e. The third-order valence-electron chi connectivity index (χ3n) is 3.56. The standard InChI is InChI=1S/C15H24N4O/c1-13-12-19(10-8-17-13)9-3-2-7-18-15(20)14-5-4-6-16-11-14/h4-6,11,13,17H,2-3,7-10,12H2,1H3,(H,18,20). The van der Waals surface area contributed by atoms with E-state index in [1.54, 1.807) is 24.5 Å². The smallest absolute Gasteiger partial charge is 0.252 e. The first-order chi connectivity index (χ1) is 9.75. The van der Waals surface area contributed by atoms with Crippen LogP contribution in [-0.4, -0.2) is 54.6 Å². The van der Waals surface area contributed by atoms with Crippen molar-refractivity contribution >= 4 is 5.91 Å². The second-order valence-electron chi connectivity index (χ2n) is 5.36. The number of carbonyl (C=O) groups is 1. The van der Waals surface area contributed by atoms with Crippen LogP contribution >= 0.6 is 0 Å². The number of piperazine rings is 1. The van der Waals surface area contributed by atoms with E-state index in [4.69, 9.17) is 0 Å². The maximum absolute atomic E-state index is 11.8. The van der Waals surface area contributed by atoms with Crippen LogP contribution in [0.4, 0.5) is 0 Å². The number of carbonyl (C=O) groups excluding carboxylic acids is 1. The van der Waals surface area contributed by atoms with Gasteiger partial charge in [-0.25, -0.2) is 0 Å². The van der Waals surface area contributed by atoms with E-state index in [1.807, 2.05) is 0 Å². The van der Waals surface area contributed by atoms with E-state index >= 15 is 0 Å². The summed E-state index contributed by atoms with van der Waals surface area (Å²) >= 11 is 0. The van der Waals surface area contributed by atoms with Crippen molar-refractivity contribution in [3.8, 4) is 0 Å². The number of unbranched alkanes of at least 4 members (excludes halogenated alkanes) is 1. The summed E-state index contributed by atoms with van der Waals surface area (Å²) in [6.45, 7) is 7.41. The third-order valence-corrected chi connectivity index (χ3v) is 3.56. The average molecular weight is 276 g/mol. The Balaban J connectivity index is 1.56. The summed E-state index contributed by atoms with van der Waals surface area (Å²) in [6.07, 6.45) is 5.41. The van der Waals surface area contributed by atoms with Gasteiger partial charge in [0.25, 0.3) is 5.91 Å². The molecule has 1 saturated heterocycles. The molecule has 1 fully saturated rings. The lowest BCUT2D eigenvalue weighted by atomic mass is 10.2. The zero-order chi connectivity index (χ0) is 14.2. The second kappa shape index (κ2) is 7.97. The summed E-state index contributed by atoms with van der Waals surface area (Å²) < 4.78 is 0. The number of aromatic nitrogens is 1. The zero-order valence-electron chi connectivity index (χ0n) is 12.1. The van der Waals surface area contributed by atoms with Gasteiger partial charge in [-0.05, 0) is 38.4 Å². The summed E-state index contributed by atoms with van der Waals surface area (Å²) in [5.74, 6) is -0.0334. The molecule has 0 aliphatic carbocycles. The number of rotatable bonds is 6. The van der Waals surface area contributed by atoms with Crippen molar-refractivity contribution in [3.05, 3.63) is 30.1 Å². The third kappa shape index (κ3) is 4.90. The normalized spacial score (nSPS) is 19.8. The minimum absolute atomic E-state index is 0.0334. The number of nitrogens with zero attached hydrogens (tertiary/aromatic N) is 2. The molecule has 5 nitrogen and oxygen atoms in total. The van der Waals surface area contributed by atoms with Gasteiger partial charge in [-0.2, -0.15) is 0 Å². The SMILES string of the molecule is CC1CN(CCCCNC(=O)c2cccnc2)CCN1. The van der Waals surface area contributed by atoms with Gasteiger partial charge in [0.05, 0.1) is 5.56 Å². The topological polar surface area (TPSA) is 57.3 Å². The van der Waals surface area contributed by atoms with Gasteiger partial charge in [-0.1, -0.05) is 0 Å². The number of amides is 1. The van der Waals surface area contributed by atoms with Crippen LogP contribution in [0.5, 0.6) is 0 Å². The largest absolute Gasteiger partial charge is 0.352 e. The molecule has 20 heavy (non-hydrogen) atoms. The van der Waals surface area contributed by atoms with E-state index in [1.165, 1.54) is 0 Å². The zero-order valence-corrected chi connectivity index (χ0v) is 12.1. The van der Waals surface area contributed by atoms with Gasteiger partial charge in [0, 0.05) is 44.6 Å². The van der Waals surface area contributed by atoms with Crippen LogP contribution in [0.15, 0.2) is 24.5 Å². The Morgan fingerprint density at radius 2 is 2.45 bits per heavy atom. The van der Waals surface area contributed by atoms with Crippen LogP contribution < -0.4 is 10.6 Å². The molecule has 0 spiro atoms. The summed E-state index contributed by atoms with van der Waals surface area (Å²) in [5, 5.41) is 6.38. The van der Waals surface area contributed by atoms with Crippen LogP contribution in [0.2, 0.25) is 0 Å². The molecular weight excluding hydrogens is 252 g/mol. The molecule has 1 unspecified atom stereocenters. The molecule has 0 aromatic carbocycles. The number of nitrogens with one attached hydrogen (secondary N) is 2. The molecule has 0 bridgehead atoms. The van der Waals surface area contributed by atoms with Gasteiger partial charge in [-0.3, -0.25) is 9.78 Å². The Morgan fingerprint density at radius 3 is 3.20 bits per heavy atom. The quantitative estimate of drug-likeness (QED) is 0.758. The van der Waals surface area contributed by atoms with E-state index in [0.29, 0.717) is 11.6 Å². The Kier molecular flexibility index (Phi) is 5.95. The summed E-state index contributed by atoms with van der Waals surface area (Å²) in [6, 6.07) is 4.15. The predicted octanol–water partition coefficient (Wildman–Crippen LogP) is 0.885. The van der Waals surface area contributed by atoms with Crippen molar-refractivity contribution in [2.24, 2.45) is 0 Å². The van der Waals surface area contributed by atoms with Crippen LogP contribution in [0.1, 0.15) is 30.1 Å². The number of hydrogen-bond donors (Lipinski definition) is 2. The fraction of sp³-hybridized carbons (Fsp3) is 0.600. The van der Waals surface area contributed by atoms with E-state index in [0.717, 1.165) is 45.6 Å². The van der Waals surface area contributed by atoms with Gasteiger partial charge in [0.15, 0.2) is 0 Å². The van der Waals surface area contributed by atoms with Crippen molar-refractivity contribution < 1.29 is 4.79 Å². The Hall–Kier alpha value is -1.46. The Bertz CT molecular complexity index is 410. The highest BCUT2D eigenvalue weighted by Crippen LogP contribution is 2.01. The first-order valence-corrected chi connectivity index (χ1v) is 7.39. The first-order valence-electron chi connectivity index (χ1n) is 7.39. The number of pyridine rings is 1. The highest BCUT2D eigenvalue weighted by molar-refractivity contribution is 5.93. The van der Waals surface area contributed by atoms with Crippen LogP contribution in [0.25, 0.3) is 0 Å². The monoisotopic (exact) mass is 276 g/mol. The summed E-state index contributed by atoms with van der Waals surface area (Å²) in [7, 11) is 0. The van der Waals surface area contributed by atoms with Crippen LogP contribution in [0.3, 0.4) is 0 Å². The fourth-order valence-corrected chi connectivity index (χ4v) is 2.48. The molecular formula is C15H24N4O. The molecule has 2 N–H and O–H groups in total. The number of hydrogen-bond acceptors (Lipinski definition) is 4. The Labute approximate surface area is 120 Å². The van der Waals surface area contributed by atoms with E-state index in [9.17, 15) is 4.79 Å². The van der Waals surface area contributed by atoms with Gasteiger partial charge in [-0.15, -0.1) is 0 Å². The van der Waals surface area contributed by atoms with E-state index in [-0.39, 0.29) is 5.91 Å². The lowest BCUT2D eigenvalue weighted by molar-refractivity contribution is 0.0952. The highest BCUT2D eigenvalue weighted by atomic mass is 16.1. The molecule has 1 amide bonds.